The van der Waals surface area contributed by atoms with Gasteiger partial charge < -0.3 is 10.2 Å². The summed E-state index contributed by atoms with van der Waals surface area (Å²) in [5.41, 5.74) is 3.18. The second kappa shape index (κ2) is 7.75. The van der Waals surface area contributed by atoms with E-state index in [1.165, 1.54) is 16.1 Å². The second-order valence-electron chi connectivity index (χ2n) is 6.13. The summed E-state index contributed by atoms with van der Waals surface area (Å²) in [6.07, 6.45) is 0. The van der Waals surface area contributed by atoms with Gasteiger partial charge in [0.15, 0.2) is 0 Å². The third kappa shape index (κ3) is 3.75. The SMILES string of the molecule is CCN1CCSc2ccc(C(=O)NC[C@H](C)c3ccccc3)cc21. The van der Waals surface area contributed by atoms with Crippen LogP contribution in [0.25, 0.3) is 0 Å². The van der Waals surface area contributed by atoms with Crippen molar-refractivity contribution in [1.82, 2.24) is 5.32 Å². The predicted molar refractivity (Wildman–Crippen MR) is 102 cm³/mol. The molecule has 4 heteroatoms. The van der Waals surface area contributed by atoms with Crippen LogP contribution in [-0.2, 0) is 0 Å². The molecule has 0 saturated heterocycles. The number of thioether (sulfide) groups is 1. The lowest BCUT2D eigenvalue weighted by Crippen LogP contribution is -2.30. The average molecular weight is 340 g/mol. The van der Waals surface area contributed by atoms with E-state index < -0.39 is 0 Å². The smallest absolute Gasteiger partial charge is 0.251 e. The van der Waals surface area contributed by atoms with Crippen molar-refractivity contribution in [2.75, 3.05) is 30.3 Å². The van der Waals surface area contributed by atoms with Crippen LogP contribution in [0.4, 0.5) is 5.69 Å². The monoisotopic (exact) mass is 340 g/mol. The highest BCUT2D eigenvalue weighted by Gasteiger charge is 2.18. The van der Waals surface area contributed by atoms with Crippen molar-refractivity contribution in [3.05, 3.63) is 59.7 Å². The molecule has 0 saturated carbocycles. The fourth-order valence-electron chi connectivity index (χ4n) is 2.99. The van der Waals surface area contributed by atoms with Crippen LogP contribution in [-0.4, -0.2) is 31.3 Å². The number of hydrogen-bond acceptors (Lipinski definition) is 3. The maximum absolute atomic E-state index is 12.5. The molecule has 1 atom stereocenters. The molecule has 0 aromatic heterocycles. The molecule has 24 heavy (non-hydrogen) atoms. The van der Waals surface area contributed by atoms with Gasteiger partial charge in [0.1, 0.15) is 0 Å². The summed E-state index contributed by atoms with van der Waals surface area (Å²) in [6.45, 7) is 6.96. The minimum Gasteiger partial charge on any atom is -0.370 e. The number of carbonyl (C=O) groups is 1. The Morgan fingerprint density at radius 3 is 2.79 bits per heavy atom. The molecule has 0 aliphatic carbocycles. The molecule has 0 spiro atoms. The van der Waals surface area contributed by atoms with Crippen LogP contribution < -0.4 is 10.2 Å². The molecule has 1 amide bonds. The number of benzene rings is 2. The molecule has 2 aromatic carbocycles. The van der Waals surface area contributed by atoms with E-state index in [1.807, 2.05) is 42.1 Å². The number of nitrogens with zero attached hydrogens (tertiary/aromatic N) is 1. The third-order valence-corrected chi connectivity index (χ3v) is 5.54. The van der Waals surface area contributed by atoms with Crippen LogP contribution in [0.2, 0.25) is 0 Å². The Bertz CT molecular complexity index is 702. The van der Waals surface area contributed by atoms with E-state index in [1.54, 1.807) is 0 Å². The topological polar surface area (TPSA) is 32.3 Å². The summed E-state index contributed by atoms with van der Waals surface area (Å²) in [7, 11) is 0. The zero-order valence-electron chi connectivity index (χ0n) is 14.3. The van der Waals surface area contributed by atoms with Crippen LogP contribution in [0.15, 0.2) is 53.4 Å². The summed E-state index contributed by atoms with van der Waals surface area (Å²) < 4.78 is 0. The summed E-state index contributed by atoms with van der Waals surface area (Å²) in [5.74, 6) is 1.42. The molecule has 126 valence electrons. The number of rotatable bonds is 5. The van der Waals surface area contributed by atoms with Gasteiger partial charge in [0.2, 0.25) is 0 Å². The number of amides is 1. The van der Waals surface area contributed by atoms with Gasteiger partial charge in [-0.1, -0.05) is 37.3 Å². The maximum Gasteiger partial charge on any atom is 0.251 e. The summed E-state index contributed by atoms with van der Waals surface area (Å²) >= 11 is 1.87. The molecule has 0 radical (unpaired) electrons. The number of carbonyl (C=O) groups excluding carboxylic acids is 1. The van der Waals surface area contributed by atoms with Crippen molar-refractivity contribution in [2.45, 2.75) is 24.7 Å². The molecule has 1 aliphatic heterocycles. The zero-order chi connectivity index (χ0) is 16.9. The van der Waals surface area contributed by atoms with E-state index in [0.29, 0.717) is 12.5 Å². The average Bonchev–Trinajstić information content (AvgIpc) is 2.65. The molecule has 3 nitrogen and oxygen atoms in total. The first-order valence-electron chi connectivity index (χ1n) is 8.54. The molecule has 2 aromatic rings. The summed E-state index contributed by atoms with van der Waals surface area (Å²) in [4.78, 5) is 16.1. The summed E-state index contributed by atoms with van der Waals surface area (Å²) in [6, 6.07) is 16.3. The van der Waals surface area contributed by atoms with Crippen LogP contribution in [0.1, 0.15) is 35.7 Å². The second-order valence-corrected chi connectivity index (χ2v) is 7.27. The highest BCUT2D eigenvalue weighted by atomic mass is 32.2. The van der Waals surface area contributed by atoms with Crippen LogP contribution in [0.3, 0.4) is 0 Å². The Morgan fingerprint density at radius 2 is 2.04 bits per heavy atom. The number of anilines is 1. The highest BCUT2D eigenvalue weighted by Crippen LogP contribution is 2.35. The fourth-order valence-corrected chi connectivity index (χ4v) is 4.02. The molecule has 3 rings (SSSR count). The van der Waals surface area contributed by atoms with Crippen LogP contribution in [0.5, 0.6) is 0 Å². The van der Waals surface area contributed by atoms with Crippen molar-refractivity contribution in [2.24, 2.45) is 0 Å². The Hall–Kier alpha value is -1.94. The first kappa shape index (κ1) is 16.9. The normalized spacial score (nSPS) is 14.8. The van der Waals surface area contributed by atoms with E-state index in [9.17, 15) is 4.79 Å². The lowest BCUT2D eigenvalue weighted by molar-refractivity contribution is 0.0951. The van der Waals surface area contributed by atoms with Gasteiger partial charge >= 0.3 is 0 Å². The third-order valence-electron chi connectivity index (χ3n) is 4.50. The van der Waals surface area contributed by atoms with E-state index in [0.717, 1.165) is 24.4 Å². The molecule has 1 heterocycles. The lowest BCUT2D eigenvalue weighted by Gasteiger charge is -2.30. The van der Waals surface area contributed by atoms with E-state index in [2.05, 4.69) is 42.3 Å². The van der Waals surface area contributed by atoms with Gasteiger partial charge in [-0.25, -0.2) is 0 Å². The largest absolute Gasteiger partial charge is 0.370 e. The Kier molecular flexibility index (Phi) is 5.46. The van der Waals surface area contributed by atoms with E-state index in [-0.39, 0.29) is 5.91 Å². The van der Waals surface area contributed by atoms with E-state index in [4.69, 9.17) is 0 Å². The standard InChI is InChI=1S/C20H24N2OS/c1-3-22-11-12-24-19-10-9-17(13-18(19)22)20(23)21-14-15(2)16-7-5-4-6-8-16/h4-10,13,15H,3,11-12,14H2,1-2H3,(H,21,23)/t15-/m0/s1. The van der Waals surface area contributed by atoms with Crippen molar-refractivity contribution >= 4 is 23.4 Å². The van der Waals surface area contributed by atoms with Crippen LogP contribution >= 0.6 is 11.8 Å². The van der Waals surface area contributed by atoms with Gasteiger partial charge in [-0.3, -0.25) is 4.79 Å². The fraction of sp³-hybridized carbons (Fsp3) is 0.350. The predicted octanol–water partition coefficient (Wildman–Crippen LogP) is 4.15. The number of fused-ring (bicyclic) bond motifs is 1. The maximum atomic E-state index is 12.5. The first-order valence-corrected chi connectivity index (χ1v) is 9.52. The van der Waals surface area contributed by atoms with Crippen molar-refractivity contribution in [1.29, 1.82) is 0 Å². The van der Waals surface area contributed by atoms with Gasteiger partial charge in [0, 0.05) is 35.8 Å². The van der Waals surface area contributed by atoms with Crippen molar-refractivity contribution in [3.8, 4) is 0 Å². The molecule has 0 fully saturated rings. The quantitative estimate of drug-likeness (QED) is 0.887. The molecule has 1 aliphatic rings. The molecular formula is C20H24N2OS. The van der Waals surface area contributed by atoms with Crippen molar-refractivity contribution in [3.63, 3.8) is 0 Å². The highest BCUT2D eigenvalue weighted by molar-refractivity contribution is 7.99. The minimum absolute atomic E-state index is 0.00667. The van der Waals surface area contributed by atoms with Gasteiger partial charge in [-0.2, -0.15) is 0 Å². The number of nitrogens with one attached hydrogen (secondary N) is 1. The zero-order valence-corrected chi connectivity index (χ0v) is 15.1. The molecular weight excluding hydrogens is 316 g/mol. The molecule has 0 bridgehead atoms. The molecule has 1 N–H and O–H groups in total. The van der Waals surface area contributed by atoms with E-state index >= 15 is 0 Å². The Labute approximate surface area is 148 Å². The van der Waals surface area contributed by atoms with Gasteiger partial charge in [0.05, 0.1) is 5.69 Å². The Morgan fingerprint density at radius 1 is 1.25 bits per heavy atom. The van der Waals surface area contributed by atoms with Crippen molar-refractivity contribution < 1.29 is 4.79 Å². The Balaban J connectivity index is 1.67. The van der Waals surface area contributed by atoms with Gasteiger partial charge in [-0.05, 0) is 36.6 Å². The number of hydrogen-bond donors (Lipinski definition) is 1. The summed E-state index contributed by atoms with van der Waals surface area (Å²) in [5, 5.41) is 3.07. The minimum atomic E-state index is 0.00667. The van der Waals surface area contributed by atoms with Crippen LogP contribution in [0, 0.1) is 0 Å². The molecule has 0 unspecified atom stereocenters. The van der Waals surface area contributed by atoms with Gasteiger partial charge in [0.25, 0.3) is 5.91 Å². The lowest BCUT2D eigenvalue weighted by atomic mass is 10.0. The van der Waals surface area contributed by atoms with Gasteiger partial charge in [-0.15, -0.1) is 11.8 Å². The first-order chi connectivity index (χ1) is 11.7.